The Morgan fingerprint density at radius 2 is 2.03 bits per heavy atom. The Kier molecular flexibility index (Phi) is 6.78. The molecule has 1 saturated heterocycles. The fourth-order valence-corrected chi connectivity index (χ4v) is 6.43. The number of hydrogen-bond donors (Lipinski definition) is 0. The number of aromatic nitrogens is 2. The van der Waals surface area contributed by atoms with E-state index in [1.54, 1.807) is 12.4 Å². The van der Waals surface area contributed by atoms with Crippen LogP contribution in [-0.2, 0) is 22.1 Å². The highest BCUT2D eigenvalue weighted by molar-refractivity contribution is 7.90. The van der Waals surface area contributed by atoms with E-state index in [0.29, 0.717) is 12.2 Å². The molecule has 0 saturated carbocycles. The first kappa shape index (κ1) is 23.7. The SMILES string of the molecule is Cc1cccc(CN2CCC(N(C)c3cc(F)c(S(=O)(=O)Cc4cscn4)c(F)c3C)C2)n1. The smallest absolute Gasteiger partial charge is 0.189 e. The molecule has 1 aromatic carbocycles. The number of halogens is 2. The van der Waals surface area contributed by atoms with E-state index in [4.69, 9.17) is 0 Å². The van der Waals surface area contributed by atoms with Crippen LogP contribution in [0.25, 0.3) is 0 Å². The highest BCUT2D eigenvalue weighted by Gasteiger charge is 2.32. The van der Waals surface area contributed by atoms with Crippen molar-refractivity contribution in [2.45, 2.75) is 43.5 Å². The fraction of sp³-hybridized carbons (Fsp3) is 0.391. The molecule has 1 fully saturated rings. The molecule has 0 bridgehead atoms. The first-order chi connectivity index (χ1) is 15.7. The number of rotatable bonds is 7. The van der Waals surface area contributed by atoms with E-state index in [9.17, 15) is 12.8 Å². The lowest BCUT2D eigenvalue weighted by atomic mass is 10.1. The van der Waals surface area contributed by atoms with Gasteiger partial charge in [0, 0.05) is 55.0 Å². The maximum absolute atomic E-state index is 15.2. The predicted molar refractivity (Wildman–Crippen MR) is 125 cm³/mol. The minimum Gasteiger partial charge on any atom is -0.370 e. The first-order valence-electron chi connectivity index (χ1n) is 10.6. The molecule has 1 aliphatic heterocycles. The summed E-state index contributed by atoms with van der Waals surface area (Å²) in [7, 11) is -2.42. The number of pyridine rings is 1. The van der Waals surface area contributed by atoms with Gasteiger partial charge >= 0.3 is 0 Å². The van der Waals surface area contributed by atoms with Gasteiger partial charge in [-0.15, -0.1) is 11.3 Å². The summed E-state index contributed by atoms with van der Waals surface area (Å²) in [6.07, 6.45) is 0.828. The monoisotopic (exact) mass is 492 g/mol. The van der Waals surface area contributed by atoms with Gasteiger partial charge in [0.25, 0.3) is 0 Å². The molecule has 6 nitrogen and oxygen atoms in total. The topological polar surface area (TPSA) is 66.4 Å². The van der Waals surface area contributed by atoms with Crippen LogP contribution in [0, 0.1) is 25.5 Å². The number of hydrogen-bond acceptors (Lipinski definition) is 7. The summed E-state index contributed by atoms with van der Waals surface area (Å²) in [5.74, 6) is -2.65. The zero-order valence-electron chi connectivity index (χ0n) is 18.8. The van der Waals surface area contributed by atoms with Crippen LogP contribution in [0.1, 0.15) is 29.1 Å². The third kappa shape index (κ3) is 5.07. The summed E-state index contributed by atoms with van der Waals surface area (Å²) in [4.78, 5) is 11.7. The summed E-state index contributed by atoms with van der Waals surface area (Å²) < 4.78 is 55.7. The molecule has 1 atom stereocenters. The Morgan fingerprint density at radius 1 is 1.24 bits per heavy atom. The minimum atomic E-state index is -4.22. The summed E-state index contributed by atoms with van der Waals surface area (Å²) in [5.41, 5.74) is 4.19. The van der Waals surface area contributed by atoms with Gasteiger partial charge < -0.3 is 4.90 Å². The normalized spacial score (nSPS) is 16.9. The van der Waals surface area contributed by atoms with E-state index in [2.05, 4.69) is 14.9 Å². The van der Waals surface area contributed by atoms with Gasteiger partial charge in [-0.2, -0.15) is 0 Å². The third-order valence-electron chi connectivity index (χ3n) is 6.03. The van der Waals surface area contributed by atoms with Gasteiger partial charge in [-0.1, -0.05) is 6.07 Å². The van der Waals surface area contributed by atoms with Gasteiger partial charge in [0.15, 0.2) is 9.84 Å². The number of nitrogens with zero attached hydrogens (tertiary/aromatic N) is 4. The molecule has 0 spiro atoms. The van der Waals surface area contributed by atoms with Crippen molar-refractivity contribution in [3.8, 4) is 0 Å². The lowest BCUT2D eigenvalue weighted by Gasteiger charge is -2.29. The Morgan fingerprint density at radius 3 is 2.73 bits per heavy atom. The molecule has 1 unspecified atom stereocenters. The largest absolute Gasteiger partial charge is 0.370 e. The van der Waals surface area contributed by atoms with Gasteiger partial charge in [-0.25, -0.2) is 22.2 Å². The molecule has 0 amide bonds. The van der Waals surface area contributed by atoms with Crippen molar-refractivity contribution in [1.82, 2.24) is 14.9 Å². The second-order valence-corrected chi connectivity index (χ2v) is 11.1. The average Bonchev–Trinajstić information content (AvgIpc) is 3.42. The van der Waals surface area contributed by atoms with Crippen molar-refractivity contribution in [3.05, 3.63) is 69.4 Å². The number of benzene rings is 1. The number of likely N-dealkylation sites (tertiary alicyclic amines) is 1. The van der Waals surface area contributed by atoms with Crippen molar-refractivity contribution >= 4 is 26.9 Å². The van der Waals surface area contributed by atoms with Crippen molar-refractivity contribution in [3.63, 3.8) is 0 Å². The van der Waals surface area contributed by atoms with E-state index >= 15 is 4.39 Å². The van der Waals surface area contributed by atoms with Gasteiger partial charge in [-0.05, 0) is 38.5 Å². The van der Waals surface area contributed by atoms with E-state index in [1.807, 2.05) is 30.0 Å². The molecule has 0 aliphatic carbocycles. The zero-order valence-corrected chi connectivity index (χ0v) is 20.4. The third-order valence-corrected chi connectivity index (χ3v) is 8.34. The lowest BCUT2D eigenvalue weighted by molar-refractivity contribution is 0.321. The highest BCUT2D eigenvalue weighted by Crippen LogP contribution is 2.33. The summed E-state index contributed by atoms with van der Waals surface area (Å²) >= 11 is 1.23. The van der Waals surface area contributed by atoms with Gasteiger partial charge in [-0.3, -0.25) is 9.88 Å². The first-order valence-corrected chi connectivity index (χ1v) is 13.2. The number of thiazole rings is 1. The van der Waals surface area contributed by atoms with Crippen molar-refractivity contribution in [1.29, 1.82) is 0 Å². The van der Waals surface area contributed by atoms with E-state index in [-0.39, 0.29) is 17.3 Å². The molecular formula is C23H26F2N4O2S2. The molecule has 176 valence electrons. The van der Waals surface area contributed by atoms with Crippen molar-refractivity contribution < 1.29 is 17.2 Å². The average molecular weight is 493 g/mol. The Balaban J connectivity index is 1.53. The summed E-state index contributed by atoms with van der Waals surface area (Å²) in [6.45, 7) is 5.72. The zero-order chi connectivity index (χ0) is 23.8. The summed E-state index contributed by atoms with van der Waals surface area (Å²) in [6, 6.07) is 7.11. The second kappa shape index (κ2) is 9.44. The van der Waals surface area contributed by atoms with Crippen LogP contribution in [0.2, 0.25) is 0 Å². The van der Waals surface area contributed by atoms with Crippen LogP contribution in [0.3, 0.4) is 0 Å². The molecular weight excluding hydrogens is 466 g/mol. The standard InChI is InChI=1S/C23H26F2N4O2S2/c1-15-5-4-6-17(27-15)10-29-8-7-19(11-29)28(3)21-9-20(24)23(22(25)16(21)2)33(30,31)13-18-12-32-14-26-18/h4-6,9,12,14,19H,7-8,10-11,13H2,1-3H3. The Hall–Kier alpha value is -2.43. The maximum Gasteiger partial charge on any atom is 0.189 e. The van der Waals surface area contributed by atoms with E-state index < -0.39 is 32.1 Å². The van der Waals surface area contributed by atoms with E-state index in [1.165, 1.54) is 23.8 Å². The molecule has 0 radical (unpaired) electrons. The van der Waals surface area contributed by atoms with Crippen LogP contribution in [0.15, 0.2) is 40.1 Å². The number of likely N-dealkylation sites (N-methyl/N-ethyl adjacent to an activating group) is 1. The molecule has 1 aliphatic rings. The molecule has 2 aromatic heterocycles. The molecule has 4 rings (SSSR count). The van der Waals surface area contributed by atoms with Crippen molar-refractivity contribution in [2.24, 2.45) is 0 Å². The van der Waals surface area contributed by atoms with Crippen LogP contribution < -0.4 is 4.90 Å². The molecule has 3 heterocycles. The fourth-order valence-electron chi connectivity index (χ4n) is 4.29. The molecule has 10 heteroatoms. The summed E-state index contributed by atoms with van der Waals surface area (Å²) in [5, 5.41) is 1.56. The van der Waals surface area contributed by atoms with Gasteiger partial charge in [0.05, 0.1) is 22.7 Å². The predicted octanol–water partition coefficient (Wildman–Crippen LogP) is 4.12. The molecule has 33 heavy (non-hydrogen) atoms. The van der Waals surface area contributed by atoms with Gasteiger partial charge in [0.1, 0.15) is 16.5 Å². The minimum absolute atomic E-state index is 0.0461. The van der Waals surface area contributed by atoms with Crippen LogP contribution in [0.4, 0.5) is 14.5 Å². The molecule has 3 aromatic rings. The van der Waals surface area contributed by atoms with Crippen LogP contribution >= 0.6 is 11.3 Å². The van der Waals surface area contributed by atoms with Crippen LogP contribution in [-0.4, -0.2) is 49.5 Å². The second-order valence-electron chi connectivity index (χ2n) is 8.44. The van der Waals surface area contributed by atoms with E-state index in [0.717, 1.165) is 37.0 Å². The van der Waals surface area contributed by atoms with Gasteiger partial charge in [0.2, 0.25) is 0 Å². The number of aryl methyl sites for hydroxylation is 1. The maximum atomic E-state index is 15.2. The lowest BCUT2D eigenvalue weighted by Crippen LogP contribution is -2.35. The number of anilines is 1. The molecule has 0 N–H and O–H groups in total. The van der Waals surface area contributed by atoms with Crippen LogP contribution in [0.5, 0.6) is 0 Å². The van der Waals surface area contributed by atoms with Crippen molar-refractivity contribution in [2.75, 3.05) is 25.0 Å². The Bertz CT molecular complexity index is 1250. The highest BCUT2D eigenvalue weighted by atomic mass is 32.2. The quantitative estimate of drug-likeness (QED) is 0.494. The number of sulfone groups is 1. The Labute approximate surface area is 196 Å².